The van der Waals surface area contributed by atoms with Gasteiger partial charge >= 0.3 is 0 Å². The number of sulfonamides is 1. The molecule has 1 aliphatic rings. The first-order valence-corrected chi connectivity index (χ1v) is 8.15. The van der Waals surface area contributed by atoms with E-state index in [1.807, 2.05) is 0 Å². The molecule has 3 rings (SSSR count). The molecule has 1 atom stereocenters. The summed E-state index contributed by atoms with van der Waals surface area (Å²) in [4.78, 5) is 7.75. The Morgan fingerprint density at radius 2 is 2.09 bits per heavy atom. The molecule has 116 valence electrons. The average Bonchev–Trinajstić information content (AvgIpc) is 2.56. The molecule has 1 aliphatic heterocycles. The predicted molar refractivity (Wildman–Crippen MR) is 75.9 cm³/mol. The third kappa shape index (κ3) is 2.85. The van der Waals surface area contributed by atoms with Gasteiger partial charge in [0.2, 0.25) is 10.0 Å². The molecule has 1 aromatic carbocycles. The van der Waals surface area contributed by atoms with Crippen molar-refractivity contribution in [3.63, 3.8) is 0 Å². The summed E-state index contributed by atoms with van der Waals surface area (Å²) >= 11 is 0. The van der Waals surface area contributed by atoms with Crippen LogP contribution in [-0.4, -0.2) is 42.4 Å². The molecule has 8 heteroatoms. The summed E-state index contributed by atoms with van der Waals surface area (Å²) in [7, 11) is -3.90. The molecule has 1 fully saturated rings. The first kappa shape index (κ1) is 15.0. The van der Waals surface area contributed by atoms with Crippen molar-refractivity contribution in [3.8, 4) is 0 Å². The van der Waals surface area contributed by atoms with Crippen molar-refractivity contribution in [1.29, 1.82) is 0 Å². The molecule has 1 saturated heterocycles. The predicted octanol–water partition coefficient (Wildman–Crippen LogP) is 1.38. The van der Waals surface area contributed by atoms with Gasteiger partial charge in [0.05, 0.1) is 18.5 Å². The Balaban J connectivity index is 1.87. The lowest BCUT2D eigenvalue weighted by atomic mass is 10.2. The van der Waals surface area contributed by atoms with E-state index in [0.717, 1.165) is 6.07 Å². The number of benzene rings is 1. The highest BCUT2D eigenvalue weighted by atomic mass is 32.2. The summed E-state index contributed by atoms with van der Waals surface area (Å²) in [6.45, 7) is 0.470. The maximum absolute atomic E-state index is 13.8. The van der Waals surface area contributed by atoms with E-state index in [0.29, 0.717) is 5.69 Å². The SMILES string of the molecule is O=S(=O)(c1ccccc1F)N1CCO[C@@H](c2cnccn2)C1. The normalized spacial score (nSPS) is 20.0. The van der Waals surface area contributed by atoms with Crippen LogP contribution in [0.15, 0.2) is 47.8 Å². The molecule has 0 aliphatic carbocycles. The highest BCUT2D eigenvalue weighted by Gasteiger charge is 2.33. The van der Waals surface area contributed by atoms with Crippen LogP contribution in [-0.2, 0) is 14.8 Å². The smallest absolute Gasteiger partial charge is 0.246 e. The second kappa shape index (κ2) is 6.07. The van der Waals surface area contributed by atoms with Crippen molar-refractivity contribution < 1.29 is 17.5 Å². The van der Waals surface area contributed by atoms with Crippen LogP contribution in [0.2, 0.25) is 0 Å². The van der Waals surface area contributed by atoms with Crippen molar-refractivity contribution in [3.05, 3.63) is 54.4 Å². The van der Waals surface area contributed by atoms with Gasteiger partial charge in [-0.05, 0) is 12.1 Å². The lowest BCUT2D eigenvalue weighted by molar-refractivity contribution is -0.00520. The zero-order valence-corrected chi connectivity index (χ0v) is 12.4. The summed E-state index contributed by atoms with van der Waals surface area (Å²) in [5, 5.41) is 0. The van der Waals surface area contributed by atoms with Gasteiger partial charge in [-0.25, -0.2) is 12.8 Å². The van der Waals surface area contributed by atoms with Crippen LogP contribution in [0.4, 0.5) is 4.39 Å². The van der Waals surface area contributed by atoms with Crippen LogP contribution in [0.3, 0.4) is 0 Å². The lowest BCUT2D eigenvalue weighted by Crippen LogP contribution is -2.42. The molecule has 2 heterocycles. The fourth-order valence-electron chi connectivity index (χ4n) is 2.29. The van der Waals surface area contributed by atoms with Crippen molar-refractivity contribution in [2.45, 2.75) is 11.0 Å². The number of nitrogens with zero attached hydrogens (tertiary/aromatic N) is 3. The van der Waals surface area contributed by atoms with Gasteiger partial charge in [0.1, 0.15) is 16.8 Å². The summed E-state index contributed by atoms with van der Waals surface area (Å²) in [5.41, 5.74) is 0.552. The molecule has 0 N–H and O–H groups in total. The molecular formula is C14H14FN3O3S. The van der Waals surface area contributed by atoms with E-state index in [-0.39, 0.29) is 24.6 Å². The zero-order valence-electron chi connectivity index (χ0n) is 11.6. The number of morpholine rings is 1. The maximum Gasteiger partial charge on any atom is 0.246 e. The molecule has 6 nitrogen and oxygen atoms in total. The van der Waals surface area contributed by atoms with Crippen molar-refractivity contribution >= 4 is 10.0 Å². The van der Waals surface area contributed by atoms with E-state index < -0.39 is 21.9 Å². The minimum Gasteiger partial charge on any atom is -0.369 e. The van der Waals surface area contributed by atoms with Crippen LogP contribution in [0.25, 0.3) is 0 Å². The molecular weight excluding hydrogens is 309 g/mol. The van der Waals surface area contributed by atoms with Gasteiger partial charge in [-0.2, -0.15) is 4.31 Å². The van der Waals surface area contributed by atoms with Gasteiger partial charge in [0.15, 0.2) is 0 Å². The number of hydrogen-bond donors (Lipinski definition) is 0. The quantitative estimate of drug-likeness (QED) is 0.853. The van der Waals surface area contributed by atoms with E-state index in [1.54, 1.807) is 0 Å². The Hall–Kier alpha value is -1.90. The van der Waals surface area contributed by atoms with Crippen LogP contribution in [0.5, 0.6) is 0 Å². The van der Waals surface area contributed by atoms with Gasteiger partial charge in [-0.3, -0.25) is 9.97 Å². The Kier molecular flexibility index (Phi) is 4.14. The molecule has 0 unspecified atom stereocenters. The van der Waals surface area contributed by atoms with E-state index in [2.05, 4.69) is 9.97 Å². The van der Waals surface area contributed by atoms with Crippen molar-refractivity contribution in [2.75, 3.05) is 19.7 Å². The maximum atomic E-state index is 13.8. The molecule has 0 spiro atoms. The summed E-state index contributed by atoms with van der Waals surface area (Å²) < 4.78 is 45.7. The third-order valence-electron chi connectivity index (χ3n) is 3.40. The second-order valence-electron chi connectivity index (χ2n) is 4.78. The lowest BCUT2D eigenvalue weighted by Gasteiger charge is -2.31. The fraction of sp³-hybridized carbons (Fsp3) is 0.286. The van der Waals surface area contributed by atoms with Crippen molar-refractivity contribution in [1.82, 2.24) is 14.3 Å². The van der Waals surface area contributed by atoms with Gasteiger partial charge in [-0.15, -0.1) is 0 Å². The summed E-state index contributed by atoms with van der Waals surface area (Å²) in [5.74, 6) is -0.759. The molecule has 0 saturated carbocycles. The minimum absolute atomic E-state index is 0.0787. The average molecular weight is 323 g/mol. The van der Waals surface area contributed by atoms with Crippen LogP contribution >= 0.6 is 0 Å². The Bertz CT molecular complexity index is 755. The molecule has 2 aromatic rings. The van der Waals surface area contributed by atoms with E-state index in [4.69, 9.17) is 4.74 Å². The first-order chi connectivity index (χ1) is 10.6. The molecule has 0 bridgehead atoms. The summed E-state index contributed by atoms with van der Waals surface area (Å²) in [6, 6.07) is 5.34. The van der Waals surface area contributed by atoms with E-state index in [1.165, 1.54) is 41.1 Å². The number of halogens is 1. The van der Waals surface area contributed by atoms with Gasteiger partial charge in [0, 0.05) is 25.5 Å². The van der Waals surface area contributed by atoms with Gasteiger partial charge < -0.3 is 4.74 Å². The number of aromatic nitrogens is 2. The first-order valence-electron chi connectivity index (χ1n) is 6.71. The molecule has 0 amide bonds. The third-order valence-corrected chi connectivity index (χ3v) is 5.30. The molecule has 0 radical (unpaired) electrons. The Morgan fingerprint density at radius 3 is 2.82 bits per heavy atom. The number of rotatable bonds is 3. The van der Waals surface area contributed by atoms with E-state index >= 15 is 0 Å². The Labute approximate surface area is 127 Å². The minimum atomic E-state index is -3.90. The van der Waals surface area contributed by atoms with Crippen LogP contribution in [0, 0.1) is 5.82 Å². The summed E-state index contributed by atoms with van der Waals surface area (Å²) in [6.07, 6.45) is 4.07. The monoisotopic (exact) mass is 323 g/mol. The van der Waals surface area contributed by atoms with Crippen LogP contribution < -0.4 is 0 Å². The van der Waals surface area contributed by atoms with E-state index in [9.17, 15) is 12.8 Å². The highest BCUT2D eigenvalue weighted by Crippen LogP contribution is 2.26. The van der Waals surface area contributed by atoms with Gasteiger partial charge in [0.25, 0.3) is 0 Å². The topological polar surface area (TPSA) is 72.4 Å². The Morgan fingerprint density at radius 1 is 1.27 bits per heavy atom. The largest absolute Gasteiger partial charge is 0.369 e. The number of hydrogen-bond acceptors (Lipinski definition) is 5. The van der Waals surface area contributed by atoms with Crippen LogP contribution in [0.1, 0.15) is 11.8 Å². The highest BCUT2D eigenvalue weighted by molar-refractivity contribution is 7.89. The molecule has 1 aromatic heterocycles. The van der Waals surface area contributed by atoms with Gasteiger partial charge in [-0.1, -0.05) is 12.1 Å². The fourth-order valence-corrected chi connectivity index (χ4v) is 3.78. The van der Waals surface area contributed by atoms with Crippen molar-refractivity contribution in [2.24, 2.45) is 0 Å². The zero-order chi connectivity index (χ0) is 15.6. The second-order valence-corrected chi connectivity index (χ2v) is 6.69. The standard InChI is InChI=1S/C14H14FN3O3S/c15-11-3-1-2-4-14(11)22(19,20)18-7-8-21-13(10-18)12-9-16-5-6-17-12/h1-6,9,13H,7-8,10H2/t13-/m1/s1. The number of ether oxygens (including phenoxy) is 1. The molecule has 22 heavy (non-hydrogen) atoms.